The molecule has 1 aliphatic heterocycles. The molecule has 2 aromatic carbocycles. The Kier molecular flexibility index (Phi) is 7.36. The average Bonchev–Trinajstić information content (AvgIpc) is 3.61. The van der Waals surface area contributed by atoms with Crippen molar-refractivity contribution in [3.63, 3.8) is 0 Å². The normalized spacial score (nSPS) is 14.5. The molecular weight excluding hydrogens is 595 g/mol. The zero-order chi connectivity index (χ0) is 32.2. The SMILES string of the molecule is Cn1cc(-c2ccc(-c3ccc4ncc5c(c4c3)n(-c3ccc(N4CCN(CCN)CC4)c(C(F)(F)F)c3)c(=O)n5C)cn2)cn1. The second-order valence-corrected chi connectivity index (χ2v) is 11.6. The molecule has 1 saturated heterocycles. The van der Waals surface area contributed by atoms with Crippen LogP contribution in [0.3, 0.4) is 0 Å². The Bertz CT molecular complexity index is 2120. The summed E-state index contributed by atoms with van der Waals surface area (Å²) in [6.07, 6.45) is 2.35. The summed E-state index contributed by atoms with van der Waals surface area (Å²) in [6, 6.07) is 13.7. The van der Waals surface area contributed by atoms with Crippen LogP contribution >= 0.6 is 0 Å². The van der Waals surface area contributed by atoms with Crippen molar-refractivity contribution in [3.8, 4) is 28.1 Å². The molecule has 1 aliphatic rings. The summed E-state index contributed by atoms with van der Waals surface area (Å²) >= 11 is 0. The minimum Gasteiger partial charge on any atom is -0.368 e. The van der Waals surface area contributed by atoms with E-state index in [-0.39, 0.29) is 11.4 Å². The number of imidazole rings is 1. The van der Waals surface area contributed by atoms with Crippen molar-refractivity contribution in [1.29, 1.82) is 0 Å². The summed E-state index contributed by atoms with van der Waals surface area (Å²) in [5.41, 5.74) is 9.60. The predicted molar refractivity (Wildman–Crippen MR) is 172 cm³/mol. The number of piperazine rings is 1. The molecule has 6 aromatic rings. The number of hydrogen-bond acceptors (Lipinski definition) is 7. The van der Waals surface area contributed by atoms with Gasteiger partial charge in [0.2, 0.25) is 0 Å². The van der Waals surface area contributed by atoms with Gasteiger partial charge in [0, 0.05) is 88.0 Å². The third kappa shape index (κ3) is 5.20. The van der Waals surface area contributed by atoms with Gasteiger partial charge >= 0.3 is 11.9 Å². The van der Waals surface area contributed by atoms with Crippen LogP contribution in [0.5, 0.6) is 0 Å². The number of benzene rings is 2. The summed E-state index contributed by atoms with van der Waals surface area (Å²) in [7, 11) is 3.44. The molecule has 0 aliphatic carbocycles. The van der Waals surface area contributed by atoms with Crippen molar-refractivity contribution in [2.75, 3.05) is 44.2 Å². The zero-order valence-electron chi connectivity index (χ0n) is 25.4. The fourth-order valence-corrected chi connectivity index (χ4v) is 6.27. The second-order valence-electron chi connectivity index (χ2n) is 11.6. The van der Waals surface area contributed by atoms with Crippen LogP contribution < -0.4 is 16.3 Å². The van der Waals surface area contributed by atoms with E-state index in [1.54, 1.807) is 41.3 Å². The molecule has 0 spiro atoms. The van der Waals surface area contributed by atoms with E-state index in [1.807, 2.05) is 43.6 Å². The first kappa shape index (κ1) is 29.7. The molecule has 13 heteroatoms. The first-order valence-electron chi connectivity index (χ1n) is 15.0. The fraction of sp³-hybridized carbons (Fsp3) is 0.273. The molecule has 46 heavy (non-hydrogen) atoms. The number of pyridine rings is 2. The van der Waals surface area contributed by atoms with E-state index >= 15 is 0 Å². The molecule has 0 atom stereocenters. The molecule has 4 aromatic heterocycles. The lowest BCUT2D eigenvalue weighted by atomic mass is 10.0. The summed E-state index contributed by atoms with van der Waals surface area (Å²) in [5, 5.41) is 4.84. The van der Waals surface area contributed by atoms with Gasteiger partial charge in [0.15, 0.2) is 0 Å². The number of nitrogens with two attached hydrogens (primary N) is 1. The maximum absolute atomic E-state index is 14.6. The van der Waals surface area contributed by atoms with Crippen molar-refractivity contribution in [2.24, 2.45) is 19.8 Å². The Morgan fingerprint density at radius 3 is 2.33 bits per heavy atom. The van der Waals surface area contributed by atoms with Gasteiger partial charge in [-0.25, -0.2) is 4.79 Å². The number of halogens is 3. The quantitative estimate of drug-likeness (QED) is 0.291. The van der Waals surface area contributed by atoms with Gasteiger partial charge in [-0.3, -0.25) is 28.7 Å². The van der Waals surface area contributed by atoms with Crippen molar-refractivity contribution < 1.29 is 13.2 Å². The Hall–Kier alpha value is -5.01. The van der Waals surface area contributed by atoms with E-state index in [1.165, 1.54) is 15.2 Å². The van der Waals surface area contributed by atoms with Gasteiger partial charge in [0.25, 0.3) is 0 Å². The molecule has 0 bridgehead atoms. The molecule has 1 fully saturated rings. The molecule has 0 saturated carbocycles. The summed E-state index contributed by atoms with van der Waals surface area (Å²) in [5.74, 6) is 0. The fourth-order valence-electron chi connectivity index (χ4n) is 6.27. The smallest absolute Gasteiger partial charge is 0.368 e. The Morgan fingerprint density at radius 1 is 0.870 bits per heavy atom. The number of anilines is 1. The van der Waals surface area contributed by atoms with Crippen LogP contribution in [0.4, 0.5) is 18.9 Å². The van der Waals surface area contributed by atoms with Gasteiger partial charge in [-0.05, 0) is 42.0 Å². The molecule has 0 unspecified atom stereocenters. The number of hydrogen-bond donors (Lipinski definition) is 1. The van der Waals surface area contributed by atoms with Gasteiger partial charge in [0.1, 0.15) is 0 Å². The number of fused-ring (bicyclic) bond motifs is 3. The number of nitrogens with zero attached hydrogens (tertiary/aromatic N) is 8. The number of rotatable bonds is 6. The molecule has 10 nitrogen and oxygen atoms in total. The van der Waals surface area contributed by atoms with Gasteiger partial charge < -0.3 is 10.6 Å². The van der Waals surface area contributed by atoms with Crippen LogP contribution in [0.15, 0.2) is 78.1 Å². The van der Waals surface area contributed by atoms with Crippen molar-refractivity contribution in [3.05, 3.63) is 89.4 Å². The highest BCUT2D eigenvalue weighted by atomic mass is 19.4. The first-order chi connectivity index (χ1) is 22.1. The topological polar surface area (TPSA) is 103 Å². The summed E-state index contributed by atoms with van der Waals surface area (Å²) in [4.78, 5) is 26.8. The maximum Gasteiger partial charge on any atom is 0.418 e. The van der Waals surface area contributed by atoms with E-state index in [9.17, 15) is 18.0 Å². The minimum absolute atomic E-state index is 0.105. The van der Waals surface area contributed by atoms with Crippen molar-refractivity contribution in [1.82, 2.24) is 33.8 Å². The molecule has 236 valence electrons. The van der Waals surface area contributed by atoms with E-state index < -0.39 is 17.4 Å². The minimum atomic E-state index is -4.63. The van der Waals surface area contributed by atoms with Crippen molar-refractivity contribution in [2.45, 2.75) is 6.18 Å². The van der Waals surface area contributed by atoms with Crippen LogP contribution in [0, 0.1) is 0 Å². The van der Waals surface area contributed by atoms with Gasteiger partial charge in [-0.2, -0.15) is 18.3 Å². The Balaban J connectivity index is 1.33. The van der Waals surface area contributed by atoms with Crippen molar-refractivity contribution >= 4 is 27.6 Å². The highest BCUT2D eigenvalue weighted by Gasteiger charge is 2.36. The second kappa shape index (κ2) is 11.4. The standard InChI is InChI=1S/C33H32F3N9O/c1-41-20-23(18-40-41)27-6-4-22(17-38-27)21-3-7-28-25(15-21)31-30(19-39-28)42(2)32(46)45(31)24-5-8-29(26(16-24)33(34,35)36)44-13-11-43(10-9-37)12-14-44/h3-8,15-20H,9-14,37H2,1-2H3. The summed E-state index contributed by atoms with van der Waals surface area (Å²) < 4.78 is 48.2. The Labute approximate surface area is 262 Å². The van der Waals surface area contributed by atoms with Crippen LogP contribution in [0.1, 0.15) is 5.56 Å². The lowest BCUT2D eigenvalue weighted by molar-refractivity contribution is -0.137. The molecule has 0 amide bonds. The van der Waals surface area contributed by atoms with Crippen LogP contribution in [-0.4, -0.2) is 73.1 Å². The molecular formula is C33H32F3N9O. The monoisotopic (exact) mass is 627 g/mol. The van der Waals surface area contributed by atoms with Gasteiger partial charge in [0.05, 0.1) is 45.9 Å². The average molecular weight is 628 g/mol. The maximum atomic E-state index is 14.6. The Morgan fingerprint density at radius 2 is 1.65 bits per heavy atom. The largest absolute Gasteiger partial charge is 0.418 e. The van der Waals surface area contributed by atoms with E-state index in [0.29, 0.717) is 61.2 Å². The molecule has 0 radical (unpaired) electrons. The van der Waals surface area contributed by atoms with E-state index in [4.69, 9.17) is 5.73 Å². The first-order valence-corrected chi connectivity index (χ1v) is 15.0. The van der Waals surface area contributed by atoms with Gasteiger partial charge in [-0.15, -0.1) is 0 Å². The van der Waals surface area contributed by atoms with E-state index in [0.717, 1.165) is 28.5 Å². The van der Waals surface area contributed by atoms with Crippen LogP contribution in [0.25, 0.3) is 50.0 Å². The van der Waals surface area contributed by atoms with Gasteiger partial charge in [-0.1, -0.05) is 12.1 Å². The van der Waals surface area contributed by atoms with Crippen LogP contribution in [-0.2, 0) is 20.3 Å². The van der Waals surface area contributed by atoms with Crippen LogP contribution in [0.2, 0.25) is 0 Å². The molecule has 2 N–H and O–H groups in total. The van der Waals surface area contributed by atoms with E-state index in [2.05, 4.69) is 20.0 Å². The number of alkyl halides is 3. The lowest BCUT2D eigenvalue weighted by Gasteiger charge is -2.37. The lowest BCUT2D eigenvalue weighted by Crippen LogP contribution is -2.48. The predicted octanol–water partition coefficient (Wildman–Crippen LogP) is 4.44. The highest BCUT2D eigenvalue weighted by molar-refractivity contribution is 6.04. The zero-order valence-corrected chi connectivity index (χ0v) is 25.4. The highest BCUT2D eigenvalue weighted by Crippen LogP contribution is 2.39. The number of aromatic nitrogens is 6. The third-order valence-electron chi connectivity index (χ3n) is 8.68. The third-order valence-corrected chi connectivity index (χ3v) is 8.68. The number of aryl methyl sites for hydroxylation is 2. The summed E-state index contributed by atoms with van der Waals surface area (Å²) in [6.45, 7) is 3.37. The molecule has 5 heterocycles. The molecule has 7 rings (SSSR count).